The fourth-order valence-corrected chi connectivity index (χ4v) is 8.12. The van der Waals surface area contributed by atoms with Gasteiger partial charge in [-0.25, -0.2) is 0 Å². The van der Waals surface area contributed by atoms with Crippen LogP contribution in [0.1, 0.15) is 119 Å². The first-order chi connectivity index (χ1) is 30.2. The van der Waals surface area contributed by atoms with Gasteiger partial charge in [0, 0.05) is 49.9 Å². The molecule has 7 rings (SSSR count). The number of aromatic hydroxyl groups is 4. The standard InChI is InChI=1S/C52H54N2O10/c1-51(2,3)43-23-39-19-35-15-33(29-63-27-31-7-11-45(12-8-31)53(59)60)17-37(47(35)55)21-41-25-44(52(4,5)6)26-42(50(41)58)22-38-18-34(16-36(48(38)56)20-40(24-43)49(39)57)30-64-28-32-9-13-46(14-10-32)54(61)62/h7-18,23-26,55-58H,19-22,27-30H2,1-6H3. The van der Waals surface area contributed by atoms with Gasteiger partial charge >= 0.3 is 0 Å². The number of rotatable bonds is 10. The Labute approximate surface area is 372 Å². The highest BCUT2D eigenvalue weighted by molar-refractivity contribution is 5.58. The van der Waals surface area contributed by atoms with Gasteiger partial charge in [0.1, 0.15) is 23.0 Å². The van der Waals surface area contributed by atoms with E-state index in [4.69, 9.17) is 9.47 Å². The first-order valence-corrected chi connectivity index (χ1v) is 21.2. The summed E-state index contributed by atoms with van der Waals surface area (Å²) in [5.74, 6) is 0.159. The van der Waals surface area contributed by atoms with Crippen molar-refractivity contribution < 1.29 is 39.7 Å². The summed E-state index contributed by atoms with van der Waals surface area (Å²) in [5, 5.41) is 70.7. The van der Waals surface area contributed by atoms with E-state index in [1.807, 2.05) is 48.5 Å². The Bertz CT molecular complexity index is 2440. The number of phenolic OH excluding ortho intramolecular Hbond substituents is 4. The number of nitro groups is 2. The SMILES string of the molecule is CC(C)(C)c1cc2c(O)c(c1)Cc1cc(COCc3ccc([N+](=O)[O-])cc3)cc(c1O)Cc1cc(C(C)(C)C)cc(c1O)Cc1cc(COCc3ccc([N+](=O)[O-])cc3)cc(c1O)C2. The predicted molar refractivity (Wildman–Crippen MR) is 244 cm³/mol. The van der Waals surface area contributed by atoms with Crippen LogP contribution in [0, 0.1) is 20.2 Å². The van der Waals surface area contributed by atoms with Gasteiger partial charge in [0.15, 0.2) is 0 Å². The molecule has 64 heavy (non-hydrogen) atoms. The molecule has 0 saturated heterocycles. The Morgan fingerprint density at radius 1 is 0.422 bits per heavy atom. The van der Waals surface area contributed by atoms with E-state index in [-0.39, 0.29) is 97.3 Å². The molecule has 12 heteroatoms. The molecule has 0 aromatic heterocycles. The van der Waals surface area contributed by atoms with Crippen molar-refractivity contribution in [1.29, 1.82) is 0 Å². The maximum atomic E-state index is 12.1. The van der Waals surface area contributed by atoms with E-state index in [9.17, 15) is 40.7 Å². The molecule has 0 atom stereocenters. The molecule has 8 bridgehead atoms. The maximum Gasteiger partial charge on any atom is 0.269 e. The van der Waals surface area contributed by atoms with Crippen LogP contribution in [0.5, 0.6) is 23.0 Å². The summed E-state index contributed by atoms with van der Waals surface area (Å²) in [6, 6.07) is 27.6. The Morgan fingerprint density at radius 3 is 0.891 bits per heavy atom. The maximum absolute atomic E-state index is 12.1. The Morgan fingerprint density at radius 2 is 0.656 bits per heavy atom. The fraction of sp³-hybridized carbons (Fsp3) is 0.308. The molecule has 0 amide bonds. The molecule has 0 fully saturated rings. The number of ether oxygens (including phenoxy) is 2. The second-order valence-corrected chi connectivity index (χ2v) is 18.9. The third kappa shape index (κ3) is 10.4. The highest BCUT2D eigenvalue weighted by Gasteiger charge is 2.25. The fourth-order valence-electron chi connectivity index (χ4n) is 8.12. The molecular weight excluding hydrogens is 813 g/mol. The van der Waals surface area contributed by atoms with E-state index in [0.29, 0.717) is 44.5 Å². The molecule has 0 aliphatic heterocycles. The molecule has 0 heterocycles. The second kappa shape index (κ2) is 18.1. The zero-order chi connectivity index (χ0) is 46.1. The van der Waals surface area contributed by atoms with E-state index in [1.54, 1.807) is 24.3 Å². The van der Waals surface area contributed by atoms with Gasteiger partial charge in [-0.05, 0) is 137 Å². The van der Waals surface area contributed by atoms with E-state index in [1.165, 1.54) is 24.3 Å². The quantitative estimate of drug-likeness (QED) is 0.0761. The topological polar surface area (TPSA) is 186 Å². The van der Waals surface area contributed by atoms with E-state index >= 15 is 0 Å². The third-order valence-electron chi connectivity index (χ3n) is 11.8. The predicted octanol–water partition coefficient (Wildman–Crippen LogP) is 11.0. The lowest BCUT2D eigenvalue weighted by Gasteiger charge is -2.25. The Balaban J connectivity index is 1.33. The molecule has 4 N–H and O–H groups in total. The summed E-state index contributed by atoms with van der Waals surface area (Å²) >= 11 is 0. The van der Waals surface area contributed by atoms with Crippen LogP contribution in [0.4, 0.5) is 11.4 Å². The summed E-state index contributed by atoms with van der Waals surface area (Å²) in [6.07, 6.45) is 0.630. The highest BCUT2D eigenvalue weighted by Crippen LogP contribution is 2.41. The third-order valence-corrected chi connectivity index (χ3v) is 11.8. The van der Waals surface area contributed by atoms with Crippen LogP contribution in [-0.2, 0) is 72.4 Å². The molecular formula is C52H54N2O10. The van der Waals surface area contributed by atoms with Crippen molar-refractivity contribution >= 4 is 11.4 Å². The van der Waals surface area contributed by atoms with E-state index in [2.05, 4.69) is 41.5 Å². The lowest BCUT2D eigenvalue weighted by molar-refractivity contribution is -0.385. The monoisotopic (exact) mass is 866 g/mol. The molecule has 6 aromatic rings. The first-order valence-electron chi connectivity index (χ1n) is 21.2. The normalized spacial score (nSPS) is 12.8. The first kappa shape index (κ1) is 45.3. The number of phenols is 4. The van der Waals surface area contributed by atoms with Gasteiger partial charge in [0.25, 0.3) is 11.4 Å². The number of hydrogen-bond acceptors (Lipinski definition) is 10. The number of hydrogen-bond donors (Lipinski definition) is 4. The molecule has 1 aliphatic rings. The lowest BCUT2D eigenvalue weighted by atomic mass is 9.81. The van der Waals surface area contributed by atoms with Gasteiger partial charge in [-0.1, -0.05) is 65.8 Å². The molecule has 0 unspecified atom stereocenters. The van der Waals surface area contributed by atoms with Gasteiger partial charge in [-0.15, -0.1) is 0 Å². The van der Waals surface area contributed by atoms with Crippen molar-refractivity contribution in [2.24, 2.45) is 0 Å². The number of nitrogens with zero attached hydrogens (tertiary/aromatic N) is 2. The minimum Gasteiger partial charge on any atom is -0.507 e. The van der Waals surface area contributed by atoms with Crippen molar-refractivity contribution in [2.45, 2.75) is 104 Å². The minimum absolute atomic E-state index is 0.00974. The van der Waals surface area contributed by atoms with Gasteiger partial charge in [0.05, 0.1) is 36.3 Å². The Hall–Kier alpha value is -6.76. The number of fused-ring (bicyclic) bond motifs is 8. The number of benzene rings is 6. The second-order valence-electron chi connectivity index (χ2n) is 18.9. The van der Waals surface area contributed by atoms with Crippen LogP contribution in [0.2, 0.25) is 0 Å². The highest BCUT2D eigenvalue weighted by atomic mass is 16.6. The van der Waals surface area contributed by atoms with Crippen molar-refractivity contribution in [3.05, 3.63) is 195 Å². The van der Waals surface area contributed by atoms with Crippen LogP contribution in [0.3, 0.4) is 0 Å². The van der Waals surface area contributed by atoms with E-state index in [0.717, 1.165) is 33.4 Å². The minimum atomic E-state index is -0.449. The zero-order valence-electron chi connectivity index (χ0n) is 37.0. The average Bonchev–Trinajstić information content (AvgIpc) is 3.23. The van der Waals surface area contributed by atoms with Gasteiger partial charge < -0.3 is 29.9 Å². The summed E-state index contributed by atoms with van der Waals surface area (Å²) in [5.41, 5.74) is 8.81. The average molecular weight is 867 g/mol. The van der Waals surface area contributed by atoms with Crippen molar-refractivity contribution in [3.8, 4) is 23.0 Å². The van der Waals surface area contributed by atoms with Crippen LogP contribution in [0.15, 0.2) is 97.1 Å². The smallest absolute Gasteiger partial charge is 0.269 e. The number of non-ortho nitro benzene ring substituents is 2. The molecule has 1 aliphatic carbocycles. The lowest BCUT2D eigenvalue weighted by Crippen LogP contribution is -2.13. The summed E-state index contributed by atoms with van der Waals surface area (Å²) in [6.45, 7) is 13.2. The van der Waals surface area contributed by atoms with Crippen molar-refractivity contribution in [1.82, 2.24) is 0 Å². The van der Waals surface area contributed by atoms with Crippen molar-refractivity contribution in [3.63, 3.8) is 0 Å². The van der Waals surface area contributed by atoms with Gasteiger partial charge in [-0.2, -0.15) is 0 Å². The zero-order valence-corrected chi connectivity index (χ0v) is 37.0. The van der Waals surface area contributed by atoms with E-state index < -0.39 is 9.85 Å². The summed E-state index contributed by atoms with van der Waals surface area (Å²) in [4.78, 5) is 21.5. The number of nitro benzene ring substituents is 2. The van der Waals surface area contributed by atoms with Crippen LogP contribution in [-0.4, -0.2) is 30.3 Å². The Kier molecular flexibility index (Phi) is 12.8. The van der Waals surface area contributed by atoms with Crippen LogP contribution >= 0.6 is 0 Å². The molecule has 0 saturated carbocycles. The van der Waals surface area contributed by atoms with Crippen molar-refractivity contribution in [2.75, 3.05) is 0 Å². The summed E-state index contributed by atoms with van der Waals surface area (Å²) < 4.78 is 12.2. The molecule has 0 radical (unpaired) electrons. The van der Waals surface area contributed by atoms with Crippen LogP contribution in [0.25, 0.3) is 0 Å². The summed E-state index contributed by atoms with van der Waals surface area (Å²) in [7, 11) is 0. The largest absolute Gasteiger partial charge is 0.507 e. The molecule has 332 valence electrons. The molecule has 6 aromatic carbocycles. The van der Waals surface area contributed by atoms with Gasteiger partial charge in [0.2, 0.25) is 0 Å². The van der Waals surface area contributed by atoms with Crippen LogP contribution < -0.4 is 0 Å². The molecule has 12 nitrogen and oxygen atoms in total. The van der Waals surface area contributed by atoms with Gasteiger partial charge in [-0.3, -0.25) is 20.2 Å². The molecule has 0 spiro atoms.